The first kappa shape index (κ1) is 24.9. The lowest BCUT2D eigenvalue weighted by Crippen LogP contribution is -2.45. The fourth-order valence-electron chi connectivity index (χ4n) is 2.95. The van der Waals surface area contributed by atoms with Crippen molar-refractivity contribution in [2.75, 3.05) is 39.5 Å². The molecule has 0 spiro atoms. The maximum absolute atomic E-state index is 13.6. The highest BCUT2D eigenvalue weighted by molar-refractivity contribution is 14.0. The molecule has 28 heavy (non-hydrogen) atoms. The van der Waals surface area contributed by atoms with E-state index in [2.05, 4.69) is 15.6 Å². The Balaban J connectivity index is 0.00000392. The largest absolute Gasteiger partial charge is 0.486 e. The summed E-state index contributed by atoms with van der Waals surface area (Å²) in [4.78, 5) is 4.18. The molecule has 2 N–H and O–H groups in total. The minimum atomic E-state index is -3.10. The molecule has 1 saturated heterocycles. The maximum Gasteiger partial charge on any atom is 0.211 e. The number of ether oxygens (including phenoxy) is 1. The van der Waals surface area contributed by atoms with E-state index in [0.29, 0.717) is 31.5 Å². The molecule has 1 aliphatic heterocycles. The van der Waals surface area contributed by atoms with E-state index >= 15 is 0 Å². The number of halogens is 2. The molecule has 2 rings (SSSR count). The number of nitrogens with zero attached hydrogens (tertiary/aromatic N) is 2. The number of sulfonamides is 1. The summed E-state index contributed by atoms with van der Waals surface area (Å²) < 4.78 is 43.8. The van der Waals surface area contributed by atoms with E-state index in [9.17, 15) is 12.8 Å². The molecule has 1 unspecified atom stereocenters. The average Bonchev–Trinajstić information content (AvgIpc) is 2.63. The SMILES string of the molecule is CN=C(NCC1CCN(S(C)(=O)=O)CC1)NCC(C)Oc1ccccc1F.I. The Hall–Kier alpha value is -1.14. The summed E-state index contributed by atoms with van der Waals surface area (Å²) in [7, 11) is -1.41. The summed E-state index contributed by atoms with van der Waals surface area (Å²) in [5, 5.41) is 6.43. The molecule has 0 aliphatic carbocycles. The molecule has 1 aliphatic rings. The molecular weight excluding hydrogens is 498 g/mol. The minimum Gasteiger partial charge on any atom is -0.486 e. The van der Waals surface area contributed by atoms with Gasteiger partial charge < -0.3 is 15.4 Å². The van der Waals surface area contributed by atoms with Gasteiger partial charge in [-0.05, 0) is 37.8 Å². The van der Waals surface area contributed by atoms with Crippen molar-refractivity contribution >= 4 is 40.0 Å². The molecule has 0 aromatic heterocycles. The Labute approximate surface area is 184 Å². The minimum absolute atomic E-state index is 0. The fourth-order valence-corrected chi connectivity index (χ4v) is 3.82. The number of aliphatic imine (C=N–C) groups is 1. The van der Waals surface area contributed by atoms with Crippen molar-refractivity contribution in [3.8, 4) is 5.75 Å². The van der Waals surface area contributed by atoms with Crippen molar-refractivity contribution in [2.24, 2.45) is 10.9 Å². The summed E-state index contributed by atoms with van der Waals surface area (Å²) in [6.45, 7) is 4.17. The predicted octanol–water partition coefficient (Wildman–Crippen LogP) is 2.05. The lowest BCUT2D eigenvalue weighted by molar-refractivity contribution is 0.214. The van der Waals surface area contributed by atoms with Crippen LogP contribution in [0.5, 0.6) is 5.75 Å². The molecule has 1 atom stereocenters. The zero-order chi connectivity index (χ0) is 19.9. The van der Waals surface area contributed by atoms with Gasteiger partial charge in [0.1, 0.15) is 6.10 Å². The third kappa shape index (κ3) is 8.08. The van der Waals surface area contributed by atoms with Crippen LogP contribution in [0.1, 0.15) is 19.8 Å². The standard InChI is InChI=1S/C18H29FN4O3S.HI/c1-14(26-17-7-5-4-6-16(17)19)12-21-18(20-2)22-13-15-8-10-23(11-9-15)27(3,24)25;/h4-7,14-15H,8-13H2,1-3H3,(H2,20,21,22);1H. The molecule has 0 radical (unpaired) electrons. The molecule has 0 bridgehead atoms. The van der Waals surface area contributed by atoms with Crippen molar-refractivity contribution in [3.63, 3.8) is 0 Å². The smallest absolute Gasteiger partial charge is 0.211 e. The Kier molecular flexibility index (Phi) is 10.5. The molecule has 10 heteroatoms. The first-order chi connectivity index (χ1) is 12.8. The highest BCUT2D eigenvalue weighted by Crippen LogP contribution is 2.18. The van der Waals surface area contributed by atoms with Crippen molar-refractivity contribution in [1.82, 2.24) is 14.9 Å². The predicted molar refractivity (Wildman–Crippen MR) is 120 cm³/mol. The number of benzene rings is 1. The number of piperidine rings is 1. The monoisotopic (exact) mass is 528 g/mol. The second-order valence-corrected chi connectivity index (χ2v) is 8.78. The second-order valence-electron chi connectivity index (χ2n) is 6.80. The number of para-hydroxylation sites is 1. The van der Waals surface area contributed by atoms with Gasteiger partial charge in [0.2, 0.25) is 10.0 Å². The van der Waals surface area contributed by atoms with Crippen LogP contribution in [-0.4, -0.2) is 64.3 Å². The molecule has 1 aromatic carbocycles. The van der Waals surface area contributed by atoms with Gasteiger partial charge in [0, 0.05) is 26.7 Å². The van der Waals surface area contributed by atoms with Crippen LogP contribution in [0, 0.1) is 11.7 Å². The van der Waals surface area contributed by atoms with Gasteiger partial charge in [-0.15, -0.1) is 24.0 Å². The molecule has 0 amide bonds. The van der Waals surface area contributed by atoms with Crippen LogP contribution >= 0.6 is 24.0 Å². The Bertz CT molecular complexity index is 740. The van der Waals surface area contributed by atoms with Crippen LogP contribution in [0.4, 0.5) is 4.39 Å². The van der Waals surface area contributed by atoms with E-state index in [-0.39, 0.29) is 41.6 Å². The average molecular weight is 528 g/mol. The highest BCUT2D eigenvalue weighted by atomic mass is 127. The van der Waals surface area contributed by atoms with E-state index in [1.807, 2.05) is 6.92 Å². The van der Waals surface area contributed by atoms with E-state index in [1.54, 1.807) is 25.2 Å². The third-order valence-corrected chi connectivity index (χ3v) is 5.85. The van der Waals surface area contributed by atoms with Gasteiger partial charge in [0.05, 0.1) is 12.8 Å². The quantitative estimate of drug-likeness (QED) is 0.322. The summed E-state index contributed by atoms with van der Waals surface area (Å²) in [6, 6.07) is 6.32. The van der Waals surface area contributed by atoms with Crippen molar-refractivity contribution in [2.45, 2.75) is 25.9 Å². The number of nitrogens with one attached hydrogen (secondary N) is 2. The lowest BCUT2D eigenvalue weighted by atomic mass is 9.98. The molecule has 1 heterocycles. The van der Waals surface area contributed by atoms with Gasteiger partial charge in [-0.25, -0.2) is 17.1 Å². The van der Waals surface area contributed by atoms with E-state index in [0.717, 1.165) is 19.4 Å². The second kappa shape index (κ2) is 11.8. The van der Waals surface area contributed by atoms with Gasteiger partial charge in [-0.1, -0.05) is 12.1 Å². The zero-order valence-electron chi connectivity index (χ0n) is 16.5. The lowest BCUT2D eigenvalue weighted by Gasteiger charge is -2.30. The maximum atomic E-state index is 13.6. The highest BCUT2D eigenvalue weighted by Gasteiger charge is 2.24. The van der Waals surface area contributed by atoms with E-state index in [1.165, 1.54) is 16.6 Å². The summed E-state index contributed by atoms with van der Waals surface area (Å²) >= 11 is 0. The van der Waals surface area contributed by atoms with Crippen LogP contribution in [-0.2, 0) is 10.0 Å². The topological polar surface area (TPSA) is 83.0 Å². The summed E-state index contributed by atoms with van der Waals surface area (Å²) in [6.07, 6.45) is 2.66. The van der Waals surface area contributed by atoms with Gasteiger partial charge in [-0.2, -0.15) is 0 Å². The molecule has 1 fully saturated rings. The van der Waals surface area contributed by atoms with Crippen LogP contribution in [0.15, 0.2) is 29.3 Å². The Morgan fingerprint density at radius 2 is 1.96 bits per heavy atom. The normalized spacial score (nSPS) is 17.5. The number of hydrogen-bond acceptors (Lipinski definition) is 4. The van der Waals surface area contributed by atoms with Gasteiger partial charge in [0.25, 0.3) is 0 Å². The van der Waals surface area contributed by atoms with Crippen LogP contribution in [0.2, 0.25) is 0 Å². The summed E-state index contributed by atoms with van der Waals surface area (Å²) in [5.74, 6) is 0.887. The van der Waals surface area contributed by atoms with Gasteiger partial charge in [-0.3, -0.25) is 4.99 Å². The molecular formula is C18H30FIN4O3S. The number of guanidine groups is 1. The zero-order valence-corrected chi connectivity index (χ0v) is 19.7. The van der Waals surface area contributed by atoms with Crippen molar-refractivity contribution in [3.05, 3.63) is 30.1 Å². The van der Waals surface area contributed by atoms with Crippen molar-refractivity contribution in [1.29, 1.82) is 0 Å². The first-order valence-electron chi connectivity index (χ1n) is 9.10. The van der Waals surface area contributed by atoms with Crippen molar-refractivity contribution < 1.29 is 17.5 Å². The van der Waals surface area contributed by atoms with E-state index < -0.39 is 10.0 Å². The van der Waals surface area contributed by atoms with Crippen LogP contribution in [0.3, 0.4) is 0 Å². The van der Waals surface area contributed by atoms with Crippen LogP contribution < -0.4 is 15.4 Å². The van der Waals surface area contributed by atoms with Gasteiger partial charge in [0.15, 0.2) is 17.5 Å². The third-order valence-electron chi connectivity index (χ3n) is 4.55. The Morgan fingerprint density at radius 1 is 1.32 bits per heavy atom. The molecule has 7 nitrogen and oxygen atoms in total. The summed E-state index contributed by atoms with van der Waals surface area (Å²) in [5.41, 5.74) is 0. The molecule has 160 valence electrons. The number of hydrogen-bond donors (Lipinski definition) is 2. The van der Waals surface area contributed by atoms with Crippen LogP contribution in [0.25, 0.3) is 0 Å². The molecule has 0 saturated carbocycles. The molecule has 1 aromatic rings. The first-order valence-corrected chi connectivity index (χ1v) is 10.9. The Morgan fingerprint density at radius 3 is 2.54 bits per heavy atom. The van der Waals surface area contributed by atoms with Gasteiger partial charge >= 0.3 is 0 Å². The fraction of sp³-hybridized carbons (Fsp3) is 0.611. The number of rotatable bonds is 7. The van der Waals surface area contributed by atoms with E-state index in [4.69, 9.17) is 4.74 Å².